The van der Waals surface area contributed by atoms with E-state index >= 15 is 0 Å². The van der Waals surface area contributed by atoms with Gasteiger partial charge in [-0.2, -0.15) is 5.26 Å². The molecule has 0 aliphatic carbocycles. The van der Waals surface area contributed by atoms with Gasteiger partial charge in [0.25, 0.3) is 0 Å². The zero-order valence-corrected chi connectivity index (χ0v) is 13.3. The van der Waals surface area contributed by atoms with Gasteiger partial charge >= 0.3 is 0 Å². The van der Waals surface area contributed by atoms with Gasteiger partial charge in [0.2, 0.25) is 0 Å². The first kappa shape index (κ1) is 16.1. The zero-order valence-electron chi connectivity index (χ0n) is 12.5. The van der Waals surface area contributed by atoms with Crippen molar-refractivity contribution < 1.29 is 0 Å². The van der Waals surface area contributed by atoms with Gasteiger partial charge in [-0.1, -0.05) is 39.8 Å². The molecule has 0 aromatic heterocycles. The molecule has 0 spiro atoms. The van der Waals surface area contributed by atoms with Gasteiger partial charge in [-0.05, 0) is 36.5 Å². The summed E-state index contributed by atoms with van der Waals surface area (Å²) in [5.41, 5.74) is 6.66. The highest BCUT2D eigenvalue weighted by atomic mass is 32.2. The van der Waals surface area contributed by atoms with E-state index in [0.717, 1.165) is 0 Å². The molecule has 1 rings (SSSR count). The summed E-state index contributed by atoms with van der Waals surface area (Å²) in [7, 11) is 0. The lowest BCUT2D eigenvalue weighted by Crippen LogP contribution is -2.36. The van der Waals surface area contributed by atoms with Crippen molar-refractivity contribution in [3.63, 3.8) is 0 Å². The quantitative estimate of drug-likeness (QED) is 0.842. The summed E-state index contributed by atoms with van der Waals surface area (Å²) < 4.78 is 0. The Kier molecular flexibility index (Phi) is 5.06. The molecule has 2 atom stereocenters. The largest absolute Gasteiger partial charge is 0.314 e. The van der Waals surface area contributed by atoms with Crippen molar-refractivity contribution in [2.24, 2.45) is 5.73 Å². The van der Waals surface area contributed by atoms with E-state index in [1.54, 1.807) is 18.7 Å². The Bertz CT molecular complexity index is 449. The van der Waals surface area contributed by atoms with E-state index in [0.29, 0.717) is 11.7 Å². The van der Waals surface area contributed by atoms with Crippen LogP contribution in [0.25, 0.3) is 0 Å². The predicted molar refractivity (Wildman–Crippen MR) is 83.3 cm³/mol. The second-order valence-electron chi connectivity index (χ2n) is 6.44. The molecule has 2 unspecified atom stereocenters. The van der Waals surface area contributed by atoms with Crippen molar-refractivity contribution in [1.82, 2.24) is 0 Å². The van der Waals surface area contributed by atoms with E-state index in [1.807, 2.05) is 0 Å². The lowest BCUT2D eigenvalue weighted by molar-refractivity contribution is 0.545. The standard InChI is InChI=1S/C16H24N2S/c1-12(10-16(5,18)11-17)19-14-8-6-13(7-9-14)15(2,3)4/h6-9,12H,10,18H2,1-5H3. The van der Waals surface area contributed by atoms with Crippen molar-refractivity contribution in [3.05, 3.63) is 29.8 Å². The molecule has 19 heavy (non-hydrogen) atoms. The minimum absolute atomic E-state index is 0.186. The molecule has 104 valence electrons. The average molecular weight is 276 g/mol. The second-order valence-corrected chi connectivity index (χ2v) is 7.95. The molecule has 0 saturated carbocycles. The van der Waals surface area contributed by atoms with Gasteiger partial charge in [0, 0.05) is 10.1 Å². The van der Waals surface area contributed by atoms with Crippen LogP contribution in [0.1, 0.15) is 46.6 Å². The predicted octanol–water partition coefficient (Wildman–Crippen LogP) is 4.10. The van der Waals surface area contributed by atoms with Gasteiger partial charge in [-0.25, -0.2) is 0 Å². The maximum atomic E-state index is 8.95. The minimum Gasteiger partial charge on any atom is -0.314 e. The van der Waals surface area contributed by atoms with Crippen molar-refractivity contribution in [1.29, 1.82) is 5.26 Å². The number of thioether (sulfide) groups is 1. The Labute approximate surface area is 121 Å². The van der Waals surface area contributed by atoms with Crippen molar-refractivity contribution >= 4 is 11.8 Å². The highest BCUT2D eigenvalue weighted by Crippen LogP contribution is 2.30. The van der Waals surface area contributed by atoms with E-state index < -0.39 is 5.54 Å². The van der Waals surface area contributed by atoms with Crippen LogP contribution in [0.4, 0.5) is 0 Å². The lowest BCUT2D eigenvalue weighted by Gasteiger charge is -2.21. The first-order valence-electron chi connectivity index (χ1n) is 6.61. The van der Waals surface area contributed by atoms with E-state index in [9.17, 15) is 0 Å². The zero-order chi connectivity index (χ0) is 14.7. The smallest absolute Gasteiger partial charge is 0.102 e. The second kappa shape index (κ2) is 5.98. The summed E-state index contributed by atoms with van der Waals surface area (Å²) in [5.74, 6) is 0. The Hall–Kier alpha value is -0.980. The van der Waals surface area contributed by atoms with Crippen LogP contribution >= 0.6 is 11.8 Å². The van der Waals surface area contributed by atoms with Gasteiger partial charge in [-0.3, -0.25) is 0 Å². The molecule has 0 saturated heterocycles. The highest BCUT2D eigenvalue weighted by molar-refractivity contribution is 7.99. The van der Waals surface area contributed by atoms with Crippen LogP contribution in [-0.4, -0.2) is 10.8 Å². The molecule has 0 aliphatic rings. The molecule has 0 fully saturated rings. The van der Waals surface area contributed by atoms with Crippen LogP contribution in [0.3, 0.4) is 0 Å². The molecule has 1 aromatic carbocycles. The molecule has 0 radical (unpaired) electrons. The van der Waals surface area contributed by atoms with Crippen LogP contribution in [-0.2, 0) is 5.41 Å². The maximum Gasteiger partial charge on any atom is 0.102 e. The number of nitriles is 1. The fraction of sp³-hybridized carbons (Fsp3) is 0.562. The lowest BCUT2D eigenvalue weighted by atomic mass is 9.87. The molecule has 2 N–H and O–H groups in total. The number of hydrogen-bond acceptors (Lipinski definition) is 3. The molecule has 3 heteroatoms. The summed E-state index contributed by atoms with van der Waals surface area (Å²) in [6.07, 6.45) is 0.690. The SMILES string of the molecule is CC(CC(C)(N)C#N)Sc1ccc(C(C)(C)C)cc1. The van der Waals surface area contributed by atoms with Gasteiger partial charge < -0.3 is 5.73 Å². The van der Waals surface area contributed by atoms with Crippen molar-refractivity contribution in [3.8, 4) is 6.07 Å². The monoisotopic (exact) mass is 276 g/mol. The normalized spacial score (nSPS) is 16.5. The van der Waals surface area contributed by atoms with Crippen LogP contribution in [0.15, 0.2) is 29.2 Å². The fourth-order valence-corrected chi connectivity index (χ4v) is 3.14. The van der Waals surface area contributed by atoms with Crippen molar-refractivity contribution in [2.45, 2.75) is 62.1 Å². The van der Waals surface area contributed by atoms with E-state index in [2.05, 4.69) is 58.0 Å². The summed E-state index contributed by atoms with van der Waals surface area (Å²) in [6.45, 7) is 10.5. The number of rotatable bonds is 4. The van der Waals surface area contributed by atoms with E-state index in [-0.39, 0.29) is 5.41 Å². The highest BCUT2D eigenvalue weighted by Gasteiger charge is 2.21. The topological polar surface area (TPSA) is 49.8 Å². The fourth-order valence-electron chi connectivity index (χ4n) is 1.95. The molecule has 0 aliphatic heterocycles. The molecule has 2 nitrogen and oxygen atoms in total. The third-order valence-corrected chi connectivity index (χ3v) is 4.14. The average Bonchev–Trinajstić information content (AvgIpc) is 2.27. The van der Waals surface area contributed by atoms with Crippen LogP contribution in [0, 0.1) is 11.3 Å². The van der Waals surface area contributed by atoms with Crippen LogP contribution in [0.2, 0.25) is 0 Å². The van der Waals surface area contributed by atoms with Gasteiger partial charge in [-0.15, -0.1) is 11.8 Å². The van der Waals surface area contributed by atoms with Crippen molar-refractivity contribution in [2.75, 3.05) is 0 Å². The summed E-state index contributed by atoms with van der Waals surface area (Å²) in [5, 5.41) is 9.28. The summed E-state index contributed by atoms with van der Waals surface area (Å²) in [6, 6.07) is 10.8. The van der Waals surface area contributed by atoms with Crippen LogP contribution in [0.5, 0.6) is 0 Å². The Morgan fingerprint density at radius 3 is 2.16 bits per heavy atom. The number of benzene rings is 1. The van der Waals surface area contributed by atoms with Gasteiger partial charge in [0.1, 0.15) is 5.54 Å². The number of hydrogen-bond donors (Lipinski definition) is 1. The molecule has 0 amide bonds. The molecular formula is C16H24N2S. The third-order valence-electron chi connectivity index (χ3n) is 3.02. The summed E-state index contributed by atoms with van der Waals surface area (Å²) in [4.78, 5) is 1.23. The molecule has 0 bridgehead atoms. The minimum atomic E-state index is -0.738. The maximum absolute atomic E-state index is 8.95. The summed E-state index contributed by atoms with van der Waals surface area (Å²) >= 11 is 1.77. The number of nitrogens with two attached hydrogens (primary N) is 1. The first-order chi connectivity index (χ1) is 8.64. The first-order valence-corrected chi connectivity index (χ1v) is 7.49. The number of nitrogens with zero attached hydrogens (tertiary/aromatic N) is 1. The Balaban J connectivity index is 2.67. The molecular weight excluding hydrogens is 252 g/mol. The third kappa shape index (κ3) is 5.26. The van der Waals surface area contributed by atoms with Gasteiger partial charge in [0.05, 0.1) is 6.07 Å². The van der Waals surface area contributed by atoms with Gasteiger partial charge in [0.15, 0.2) is 0 Å². The molecule has 1 aromatic rings. The molecule has 0 heterocycles. The van der Waals surface area contributed by atoms with E-state index in [1.165, 1.54) is 10.5 Å². The van der Waals surface area contributed by atoms with Crippen LogP contribution < -0.4 is 5.73 Å². The Morgan fingerprint density at radius 2 is 1.74 bits per heavy atom. The van der Waals surface area contributed by atoms with E-state index in [4.69, 9.17) is 11.0 Å². The Morgan fingerprint density at radius 1 is 1.21 bits per heavy atom.